The lowest BCUT2D eigenvalue weighted by Crippen LogP contribution is -2.43. The molecule has 1 aliphatic rings. The van der Waals surface area contributed by atoms with Crippen LogP contribution in [-0.2, 0) is 15.8 Å². The molecule has 1 heterocycles. The molecule has 2 amide bonds. The van der Waals surface area contributed by atoms with Gasteiger partial charge in [-0.1, -0.05) is 61.5 Å². The number of fused-ring (bicyclic) bond motifs is 1. The van der Waals surface area contributed by atoms with Crippen molar-refractivity contribution >= 4 is 35.3 Å². The Morgan fingerprint density at radius 1 is 1.05 bits per heavy atom. The second kappa shape index (κ2) is 12.4. The average Bonchev–Trinajstić information content (AvgIpc) is 2.91. The van der Waals surface area contributed by atoms with Crippen molar-refractivity contribution in [1.82, 2.24) is 5.32 Å². The lowest BCUT2D eigenvalue weighted by molar-refractivity contribution is -0.137. The number of para-hydroxylation sites is 1. The molecule has 0 aliphatic carbocycles. The van der Waals surface area contributed by atoms with Crippen LogP contribution < -0.4 is 15.0 Å². The first-order valence-corrected chi connectivity index (χ1v) is 13.5. The molecule has 39 heavy (non-hydrogen) atoms. The van der Waals surface area contributed by atoms with Gasteiger partial charge in [-0.2, -0.15) is 13.2 Å². The Hall–Kier alpha value is -3.72. The normalized spacial score (nSPS) is 15.2. The minimum Gasteiger partial charge on any atom is -0.494 e. The molecule has 0 unspecified atom stereocenters. The number of nitrogens with zero attached hydrogens (tertiary/aromatic N) is 1. The highest BCUT2D eigenvalue weighted by Crippen LogP contribution is 2.42. The van der Waals surface area contributed by atoms with Crippen LogP contribution in [0.4, 0.5) is 18.9 Å². The summed E-state index contributed by atoms with van der Waals surface area (Å²) in [6.45, 7) is 4.41. The van der Waals surface area contributed by atoms with Gasteiger partial charge < -0.3 is 10.1 Å². The van der Waals surface area contributed by atoms with Crippen LogP contribution in [0.1, 0.15) is 49.4 Å². The molecule has 3 aromatic carbocycles. The van der Waals surface area contributed by atoms with Crippen molar-refractivity contribution in [2.24, 2.45) is 0 Å². The van der Waals surface area contributed by atoms with Crippen LogP contribution in [-0.4, -0.2) is 25.0 Å². The van der Waals surface area contributed by atoms with E-state index < -0.39 is 17.6 Å². The third kappa shape index (κ3) is 7.23. The van der Waals surface area contributed by atoms with E-state index in [1.165, 1.54) is 28.8 Å². The number of ether oxygens (including phenoxy) is 1. The van der Waals surface area contributed by atoms with Gasteiger partial charge in [0.05, 0.1) is 28.8 Å². The molecule has 0 aromatic heterocycles. The zero-order valence-corrected chi connectivity index (χ0v) is 22.4. The van der Waals surface area contributed by atoms with Gasteiger partial charge in [0.15, 0.2) is 0 Å². The van der Waals surface area contributed by atoms with Crippen LogP contribution in [0.15, 0.2) is 82.6 Å². The molecule has 1 aliphatic heterocycles. The van der Waals surface area contributed by atoms with E-state index in [1.54, 1.807) is 18.2 Å². The number of benzene rings is 3. The number of carbonyl (C=O) groups is 2. The maximum atomic E-state index is 13.4. The van der Waals surface area contributed by atoms with E-state index in [0.29, 0.717) is 22.8 Å². The molecule has 0 spiro atoms. The molecule has 9 heteroatoms. The second-order valence-electron chi connectivity index (χ2n) is 9.15. The number of hydrogen-bond donors (Lipinski definition) is 1. The lowest BCUT2D eigenvalue weighted by atomic mass is 10.1. The molecular weight excluding hydrogens is 525 g/mol. The van der Waals surface area contributed by atoms with Gasteiger partial charge in [0, 0.05) is 4.90 Å². The van der Waals surface area contributed by atoms with Gasteiger partial charge in [-0.3, -0.25) is 14.5 Å². The molecule has 3 aromatic rings. The largest absolute Gasteiger partial charge is 0.494 e. The highest BCUT2D eigenvalue weighted by atomic mass is 32.2. The summed E-state index contributed by atoms with van der Waals surface area (Å²) in [7, 11) is 0. The molecule has 0 saturated heterocycles. The van der Waals surface area contributed by atoms with Gasteiger partial charge in [-0.15, -0.1) is 0 Å². The predicted octanol–water partition coefficient (Wildman–Crippen LogP) is 7.24. The number of unbranched alkanes of at least 4 members (excludes halogenated alkanes) is 1. The minimum atomic E-state index is -4.44. The summed E-state index contributed by atoms with van der Waals surface area (Å²) in [5.41, 5.74) is 1.20. The van der Waals surface area contributed by atoms with Crippen LogP contribution in [0, 0.1) is 0 Å². The number of alkyl halides is 3. The summed E-state index contributed by atoms with van der Waals surface area (Å²) in [5, 5.41) is 2.95. The Kier molecular flexibility index (Phi) is 9.01. The summed E-state index contributed by atoms with van der Waals surface area (Å²) in [6.07, 6.45) is -0.866. The molecule has 5 nitrogen and oxygen atoms in total. The minimum absolute atomic E-state index is 0.205. The van der Waals surface area contributed by atoms with E-state index in [2.05, 4.69) is 12.2 Å². The second-order valence-corrected chi connectivity index (χ2v) is 10.2. The standard InChI is InChI=1S/C30H29F3N2O3S/c1-3-4-17-38-24-15-11-22(12-16-24)20(2)34-28(36)19-35-25-7-5-6-8-26(25)39-27(29(35)37)18-21-9-13-23(14-10-21)30(31,32)33/h5-16,18,20H,3-4,17,19H2,1-2H3,(H,34,36)/b27-18-/t20-/m1/s1. The molecule has 0 bridgehead atoms. The number of anilines is 1. The number of hydrogen-bond acceptors (Lipinski definition) is 4. The first kappa shape index (κ1) is 28.3. The van der Waals surface area contributed by atoms with E-state index >= 15 is 0 Å². The van der Waals surface area contributed by atoms with Gasteiger partial charge in [0.1, 0.15) is 12.3 Å². The molecule has 1 atom stereocenters. The maximum absolute atomic E-state index is 13.4. The van der Waals surface area contributed by atoms with Gasteiger partial charge >= 0.3 is 6.18 Å². The van der Waals surface area contributed by atoms with Gasteiger partial charge in [0.2, 0.25) is 5.91 Å². The van der Waals surface area contributed by atoms with Gasteiger partial charge in [0.25, 0.3) is 5.91 Å². The fraction of sp³-hybridized carbons (Fsp3) is 0.267. The number of amides is 2. The predicted molar refractivity (Wildman–Crippen MR) is 147 cm³/mol. The van der Waals surface area contributed by atoms with E-state index in [1.807, 2.05) is 43.3 Å². The number of nitrogens with one attached hydrogen (secondary N) is 1. The molecule has 0 saturated carbocycles. The SMILES string of the molecule is CCCCOc1ccc([C@@H](C)NC(=O)CN2C(=O)/C(=C/c3ccc(C(F)(F)F)cc3)Sc3ccccc32)cc1. The Labute approximate surface area is 230 Å². The third-order valence-electron chi connectivity index (χ3n) is 6.19. The smallest absolute Gasteiger partial charge is 0.416 e. The van der Waals surface area contributed by atoms with Crippen LogP contribution in [0.3, 0.4) is 0 Å². The summed E-state index contributed by atoms with van der Waals surface area (Å²) in [5.74, 6) is 0.0378. The van der Waals surface area contributed by atoms with Crippen molar-refractivity contribution in [3.63, 3.8) is 0 Å². The Bertz CT molecular complexity index is 1340. The number of rotatable bonds is 9. The maximum Gasteiger partial charge on any atom is 0.416 e. The van der Waals surface area contributed by atoms with E-state index in [9.17, 15) is 22.8 Å². The lowest BCUT2D eigenvalue weighted by Gasteiger charge is -2.30. The third-order valence-corrected chi connectivity index (χ3v) is 7.27. The summed E-state index contributed by atoms with van der Waals surface area (Å²) >= 11 is 1.22. The summed E-state index contributed by atoms with van der Waals surface area (Å²) < 4.78 is 44.5. The Balaban J connectivity index is 1.47. The number of carbonyl (C=O) groups excluding carboxylic acids is 2. The Morgan fingerprint density at radius 2 is 1.74 bits per heavy atom. The van der Waals surface area contributed by atoms with Gasteiger partial charge in [-0.05, 0) is 66.9 Å². The zero-order chi connectivity index (χ0) is 28.0. The average molecular weight is 555 g/mol. The van der Waals surface area contributed by atoms with E-state index in [4.69, 9.17) is 4.74 Å². The first-order valence-electron chi connectivity index (χ1n) is 12.7. The molecule has 4 rings (SSSR count). The Morgan fingerprint density at radius 3 is 2.41 bits per heavy atom. The van der Waals surface area contributed by atoms with Crippen molar-refractivity contribution < 1.29 is 27.5 Å². The van der Waals surface area contributed by atoms with Crippen LogP contribution in [0.2, 0.25) is 0 Å². The molecule has 0 radical (unpaired) electrons. The van der Waals surface area contributed by atoms with Crippen LogP contribution in [0.25, 0.3) is 6.08 Å². The first-order chi connectivity index (χ1) is 18.7. The van der Waals surface area contributed by atoms with Crippen molar-refractivity contribution in [2.75, 3.05) is 18.1 Å². The van der Waals surface area contributed by atoms with Crippen LogP contribution >= 0.6 is 11.8 Å². The van der Waals surface area contributed by atoms with E-state index in [-0.39, 0.29) is 18.5 Å². The monoisotopic (exact) mass is 554 g/mol. The van der Waals surface area contributed by atoms with Crippen molar-refractivity contribution in [2.45, 2.75) is 43.8 Å². The summed E-state index contributed by atoms with van der Waals surface area (Å²) in [4.78, 5) is 28.9. The van der Waals surface area contributed by atoms with Gasteiger partial charge in [-0.25, -0.2) is 0 Å². The van der Waals surface area contributed by atoms with Crippen molar-refractivity contribution in [3.8, 4) is 5.75 Å². The number of thioether (sulfide) groups is 1. The zero-order valence-electron chi connectivity index (χ0n) is 21.6. The van der Waals surface area contributed by atoms with Crippen LogP contribution in [0.5, 0.6) is 5.75 Å². The number of halogens is 3. The fourth-order valence-corrected chi connectivity index (χ4v) is 5.10. The molecule has 1 N–H and O–H groups in total. The highest BCUT2D eigenvalue weighted by molar-refractivity contribution is 8.04. The molecule has 204 valence electrons. The topological polar surface area (TPSA) is 58.6 Å². The van der Waals surface area contributed by atoms with E-state index in [0.717, 1.165) is 41.2 Å². The highest BCUT2D eigenvalue weighted by Gasteiger charge is 2.32. The summed E-state index contributed by atoms with van der Waals surface area (Å²) in [6, 6.07) is 19.1. The molecular formula is C30H29F3N2O3S. The fourth-order valence-electron chi connectivity index (χ4n) is 4.04. The van der Waals surface area contributed by atoms with Crippen molar-refractivity contribution in [3.05, 3.63) is 94.4 Å². The quantitative estimate of drug-likeness (QED) is 0.224. The van der Waals surface area contributed by atoms with Crippen molar-refractivity contribution in [1.29, 1.82) is 0 Å². The molecule has 0 fully saturated rings.